The van der Waals surface area contributed by atoms with Gasteiger partial charge in [-0.05, 0) is 41.8 Å². The van der Waals surface area contributed by atoms with E-state index in [9.17, 15) is 14.5 Å². The number of anilines is 1. The van der Waals surface area contributed by atoms with E-state index in [2.05, 4.69) is 21.2 Å². The number of halogens is 2. The Morgan fingerprint density at radius 3 is 2.83 bits per heavy atom. The van der Waals surface area contributed by atoms with Crippen LogP contribution in [0.3, 0.4) is 0 Å². The molecule has 0 spiro atoms. The number of hydrogen-bond acceptors (Lipinski definition) is 4. The molecule has 100 valence electrons. The Balaban J connectivity index is 2.93. The molecule has 1 atom stereocenters. The molecule has 0 aromatic heterocycles. The Morgan fingerprint density at radius 1 is 1.61 bits per heavy atom. The van der Waals surface area contributed by atoms with Crippen LogP contribution in [-0.2, 0) is 0 Å². The molecule has 1 unspecified atom stereocenters. The summed E-state index contributed by atoms with van der Waals surface area (Å²) in [4.78, 5) is 10.2. The summed E-state index contributed by atoms with van der Waals surface area (Å²) in [6, 6.07) is 2.18. The molecule has 2 N–H and O–H groups in total. The number of nitro groups is 1. The fourth-order valence-electron chi connectivity index (χ4n) is 1.54. The average molecular weight is 321 g/mol. The maximum absolute atomic E-state index is 13.2. The molecular weight excluding hydrogens is 307 g/mol. The van der Waals surface area contributed by atoms with E-state index in [4.69, 9.17) is 5.11 Å². The minimum atomic E-state index is -0.671. The van der Waals surface area contributed by atoms with Crippen LogP contribution in [0.5, 0.6) is 0 Å². The Morgan fingerprint density at radius 2 is 2.28 bits per heavy atom. The van der Waals surface area contributed by atoms with Crippen LogP contribution in [-0.4, -0.2) is 22.7 Å². The highest BCUT2D eigenvalue weighted by atomic mass is 79.9. The molecule has 0 aliphatic carbocycles. The molecule has 0 amide bonds. The number of aliphatic hydroxyl groups is 1. The molecule has 0 aliphatic heterocycles. The first-order chi connectivity index (χ1) is 8.45. The minimum absolute atomic E-state index is 0.0480. The van der Waals surface area contributed by atoms with Gasteiger partial charge in [0.1, 0.15) is 11.5 Å². The summed E-state index contributed by atoms with van der Waals surface area (Å²) >= 11 is 2.99. The molecule has 0 aliphatic rings. The zero-order chi connectivity index (χ0) is 13.7. The van der Waals surface area contributed by atoms with Gasteiger partial charge in [0.2, 0.25) is 0 Å². The average Bonchev–Trinajstić information content (AvgIpc) is 2.30. The third-order valence-electron chi connectivity index (χ3n) is 2.43. The molecular formula is C11H14BrFN2O3. The Labute approximate surface area is 112 Å². The van der Waals surface area contributed by atoms with Gasteiger partial charge in [0.15, 0.2) is 0 Å². The molecule has 0 fully saturated rings. The molecule has 0 radical (unpaired) electrons. The van der Waals surface area contributed by atoms with E-state index in [0.717, 1.165) is 6.07 Å². The van der Waals surface area contributed by atoms with Gasteiger partial charge in [-0.2, -0.15) is 0 Å². The first-order valence-corrected chi connectivity index (χ1v) is 6.25. The summed E-state index contributed by atoms with van der Waals surface area (Å²) in [5.41, 5.74) is -0.0368. The van der Waals surface area contributed by atoms with Gasteiger partial charge in [-0.15, -0.1) is 0 Å². The van der Waals surface area contributed by atoms with E-state index in [0.29, 0.717) is 12.8 Å². The van der Waals surface area contributed by atoms with Crippen molar-refractivity contribution in [1.82, 2.24) is 0 Å². The topological polar surface area (TPSA) is 75.4 Å². The second kappa shape index (κ2) is 6.65. The highest BCUT2D eigenvalue weighted by molar-refractivity contribution is 9.10. The van der Waals surface area contributed by atoms with E-state index in [-0.39, 0.29) is 28.5 Å². The van der Waals surface area contributed by atoms with Crippen LogP contribution in [0.25, 0.3) is 0 Å². The fourth-order valence-corrected chi connectivity index (χ4v) is 1.88. The molecule has 7 heteroatoms. The molecule has 0 saturated heterocycles. The Hall–Kier alpha value is -1.21. The van der Waals surface area contributed by atoms with Crippen LogP contribution in [0.4, 0.5) is 15.8 Å². The largest absolute Gasteiger partial charge is 0.396 e. The van der Waals surface area contributed by atoms with Crippen LogP contribution in [0.15, 0.2) is 16.6 Å². The first kappa shape index (κ1) is 14.8. The lowest BCUT2D eigenvalue weighted by molar-refractivity contribution is -0.384. The highest BCUT2D eigenvalue weighted by Gasteiger charge is 2.18. The van der Waals surface area contributed by atoms with Gasteiger partial charge in [0.25, 0.3) is 5.69 Å². The lowest BCUT2D eigenvalue weighted by Gasteiger charge is -2.15. The standard InChI is InChI=1S/C11H14BrFN2O3/c1-7(3-2-4-16)14-10-5-8(12)9(13)6-11(10)15(17)18/h5-7,14,16H,2-4H2,1H3. The van der Waals surface area contributed by atoms with Crippen LogP contribution < -0.4 is 5.32 Å². The van der Waals surface area contributed by atoms with E-state index in [1.807, 2.05) is 6.92 Å². The number of aliphatic hydroxyl groups excluding tert-OH is 1. The van der Waals surface area contributed by atoms with Gasteiger partial charge in [0, 0.05) is 12.6 Å². The molecule has 1 rings (SSSR count). The van der Waals surface area contributed by atoms with Gasteiger partial charge in [-0.1, -0.05) is 0 Å². The molecule has 0 saturated carbocycles. The molecule has 1 aromatic carbocycles. The number of nitro benzene ring substituents is 1. The highest BCUT2D eigenvalue weighted by Crippen LogP contribution is 2.31. The van der Waals surface area contributed by atoms with Crippen LogP contribution >= 0.6 is 15.9 Å². The maximum atomic E-state index is 13.2. The van der Waals surface area contributed by atoms with Gasteiger partial charge in [-0.25, -0.2) is 4.39 Å². The fraction of sp³-hybridized carbons (Fsp3) is 0.455. The zero-order valence-corrected chi connectivity index (χ0v) is 11.4. The number of hydrogen-bond donors (Lipinski definition) is 2. The molecule has 18 heavy (non-hydrogen) atoms. The van der Waals surface area contributed by atoms with Gasteiger partial charge >= 0.3 is 0 Å². The SMILES string of the molecule is CC(CCCO)Nc1cc(Br)c(F)cc1[N+](=O)[O-]. The molecule has 1 aromatic rings. The quantitative estimate of drug-likeness (QED) is 0.624. The van der Waals surface area contributed by atoms with Crippen LogP contribution in [0.1, 0.15) is 19.8 Å². The van der Waals surface area contributed by atoms with E-state index >= 15 is 0 Å². The van der Waals surface area contributed by atoms with Crippen molar-refractivity contribution in [1.29, 1.82) is 0 Å². The van der Waals surface area contributed by atoms with E-state index in [1.165, 1.54) is 6.07 Å². The van der Waals surface area contributed by atoms with Crippen molar-refractivity contribution in [3.63, 3.8) is 0 Å². The zero-order valence-electron chi connectivity index (χ0n) is 9.82. The summed E-state index contributed by atoms with van der Waals surface area (Å²) in [6.07, 6.45) is 1.27. The second-order valence-corrected chi connectivity index (χ2v) is 4.81. The summed E-state index contributed by atoms with van der Waals surface area (Å²) in [5.74, 6) is -0.671. The number of rotatable bonds is 6. The lowest BCUT2D eigenvalue weighted by atomic mass is 10.1. The molecule has 0 heterocycles. The smallest absolute Gasteiger partial charge is 0.295 e. The van der Waals surface area contributed by atoms with Crippen LogP contribution in [0, 0.1) is 15.9 Å². The van der Waals surface area contributed by atoms with Gasteiger partial charge < -0.3 is 10.4 Å². The third kappa shape index (κ3) is 3.92. The maximum Gasteiger partial charge on any atom is 0.295 e. The van der Waals surface area contributed by atoms with E-state index in [1.54, 1.807) is 0 Å². The van der Waals surface area contributed by atoms with Crippen molar-refractivity contribution in [2.24, 2.45) is 0 Å². The van der Waals surface area contributed by atoms with Crippen molar-refractivity contribution in [3.8, 4) is 0 Å². The number of nitrogens with zero attached hydrogens (tertiary/aromatic N) is 1. The third-order valence-corrected chi connectivity index (χ3v) is 3.04. The van der Waals surface area contributed by atoms with Crippen molar-refractivity contribution >= 4 is 27.3 Å². The van der Waals surface area contributed by atoms with Crippen molar-refractivity contribution in [2.75, 3.05) is 11.9 Å². The molecule has 5 nitrogen and oxygen atoms in total. The second-order valence-electron chi connectivity index (χ2n) is 3.95. The lowest BCUT2D eigenvalue weighted by Crippen LogP contribution is -2.16. The first-order valence-electron chi connectivity index (χ1n) is 5.46. The minimum Gasteiger partial charge on any atom is -0.396 e. The van der Waals surface area contributed by atoms with Crippen molar-refractivity contribution < 1.29 is 14.4 Å². The Kier molecular flexibility index (Phi) is 5.49. The monoisotopic (exact) mass is 320 g/mol. The molecule has 0 bridgehead atoms. The predicted octanol–water partition coefficient (Wildman–Crippen LogP) is 3.07. The number of nitrogens with one attached hydrogen (secondary N) is 1. The normalized spacial score (nSPS) is 12.2. The summed E-state index contributed by atoms with van der Waals surface area (Å²) in [7, 11) is 0. The van der Waals surface area contributed by atoms with Gasteiger partial charge in [0.05, 0.1) is 15.5 Å². The van der Waals surface area contributed by atoms with E-state index < -0.39 is 10.7 Å². The summed E-state index contributed by atoms with van der Waals surface area (Å²) < 4.78 is 13.4. The Bertz CT molecular complexity index is 443. The summed E-state index contributed by atoms with van der Waals surface area (Å²) in [5, 5.41) is 22.5. The predicted molar refractivity (Wildman–Crippen MR) is 70.2 cm³/mol. The summed E-state index contributed by atoms with van der Waals surface area (Å²) in [6.45, 7) is 1.91. The van der Waals surface area contributed by atoms with Crippen LogP contribution in [0.2, 0.25) is 0 Å². The number of benzene rings is 1. The van der Waals surface area contributed by atoms with Crippen molar-refractivity contribution in [3.05, 3.63) is 32.5 Å². The van der Waals surface area contributed by atoms with Gasteiger partial charge in [-0.3, -0.25) is 10.1 Å². The van der Waals surface area contributed by atoms with Crippen molar-refractivity contribution in [2.45, 2.75) is 25.8 Å².